The molecule has 0 aliphatic carbocycles. The predicted molar refractivity (Wildman–Crippen MR) is 55.4 cm³/mol. The van der Waals surface area contributed by atoms with Crippen LogP contribution >= 0.6 is 23.2 Å². The Bertz CT molecular complexity index is 350. The Kier molecular flexibility index (Phi) is 3.95. The minimum atomic E-state index is 0.330. The molecule has 1 rings (SSSR count). The molecule has 3 heteroatoms. The molecule has 0 amide bonds. The van der Waals surface area contributed by atoms with Crippen LogP contribution in [0.15, 0.2) is 18.2 Å². The van der Waals surface area contributed by atoms with E-state index in [1.807, 2.05) is 0 Å². The van der Waals surface area contributed by atoms with Crippen LogP contribution in [-0.4, -0.2) is 6.61 Å². The van der Waals surface area contributed by atoms with Gasteiger partial charge in [0.1, 0.15) is 12.4 Å². The molecular weight excluding hydrogens is 207 g/mol. The van der Waals surface area contributed by atoms with Gasteiger partial charge in [-0.2, -0.15) is 0 Å². The highest BCUT2D eigenvalue weighted by atomic mass is 35.5. The lowest BCUT2D eigenvalue weighted by molar-refractivity contribution is 0.370. The number of rotatable bonds is 2. The van der Waals surface area contributed by atoms with Crippen molar-refractivity contribution in [3.63, 3.8) is 0 Å². The second-order valence-corrected chi connectivity index (χ2v) is 3.13. The van der Waals surface area contributed by atoms with E-state index < -0.39 is 0 Å². The van der Waals surface area contributed by atoms with E-state index in [4.69, 9.17) is 27.9 Å². The predicted octanol–water partition coefficient (Wildman–Crippen LogP) is 3.40. The molecule has 0 bridgehead atoms. The summed E-state index contributed by atoms with van der Waals surface area (Å²) in [5, 5.41) is 1.14. The fourth-order valence-corrected chi connectivity index (χ4v) is 1.11. The van der Waals surface area contributed by atoms with Crippen LogP contribution in [0.2, 0.25) is 10.0 Å². The Morgan fingerprint density at radius 2 is 2.15 bits per heavy atom. The first kappa shape index (κ1) is 10.2. The Labute approximate surface area is 87.6 Å². The molecule has 0 aromatic heterocycles. The second-order valence-electron chi connectivity index (χ2n) is 2.29. The summed E-state index contributed by atoms with van der Waals surface area (Å²) in [7, 11) is 0. The molecule has 0 saturated heterocycles. The number of halogens is 2. The monoisotopic (exact) mass is 214 g/mol. The van der Waals surface area contributed by atoms with Gasteiger partial charge in [-0.05, 0) is 19.1 Å². The average molecular weight is 215 g/mol. The molecule has 0 fully saturated rings. The molecule has 0 N–H and O–H groups in total. The van der Waals surface area contributed by atoms with Gasteiger partial charge < -0.3 is 4.74 Å². The van der Waals surface area contributed by atoms with Crippen molar-refractivity contribution >= 4 is 23.2 Å². The van der Waals surface area contributed by atoms with Crippen molar-refractivity contribution in [3.05, 3.63) is 28.2 Å². The highest BCUT2D eigenvalue weighted by Gasteiger charge is 2.00. The molecule has 1 nitrogen and oxygen atoms in total. The fraction of sp³-hybridized carbons (Fsp3) is 0.200. The molecule has 0 atom stereocenters. The van der Waals surface area contributed by atoms with Crippen LogP contribution < -0.4 is 4.74 Å². The zero-order valence-electron chi connectivity index (χ0n) is 7.10. The summed E-state index contributed by atoms with van der Waals surface area (Å²) in [4.78, 5) is 0. The van der Waals surface area contributed by atoms with Crippen LogP contribution in [0, 0.1) is 11.8 Å². The zero-order valence-corrected chi connectivity index (χ0v) is 8.62. The van der Waals surface area contributed by atoms with Crippen molar-refractivity contribution in [3.8, 4) is 17.6 Å². The minimum absolute atomic E-state index is 0.330. The number of hydrogen-bond donors (Lipinski definition) is 0. The molecule has 0 unspecified atom stereocenters. The van der Waals surface area contributed by atoms with Crippen LogP contribution in [0.25, 0.3) is 0 Å². The maximum atomic E-state index is 5.84. The lowest BCUT2D eigenvalue weighted by Crippen LogP contribution is -1.94. The lowest BCUT2D eigenvalue weighted by Gasteiger charge is -2.04. The third kappa shape index (κ3) is 3.18. The van der Waals surface area contributed by atoms with Crippen molar-refractivity contribution in [2.45, 2.75) is 6.92 Å². The summed E-state index contributed by atoms with van der Waals surface area (Å²) in [6, 6.07) is 5.07. The summed E-state index contributed by atoms with van der Waals surface area (Å²) in [6.07, 6.45) is 0. The standard InChI is InChI=1S/C10H8Cl2O/c1-2-3-6-13-10-7-8(11)4-5-9(10)12/h4-5,7H,6H2,1H3. The maximum Gasteiger partial charge on any atom is 0.149 e. The van der Waals surface area contributed by atoms with Gasteiger partial charge in [0.15, 0.2) is 0 Å². The van der Waals surface area contributed by atoms with Crippen molar-refractivity contribution in [2.24, 2.45) is 0 Å². The zero-order chi connectivity index (χ0) is 9.68. The number of ether oxygens (including phenoxy) is 1. The first-order chi connectivity index (χ1) is 6.24. The van der Waals surface area contributed by atoms with Crippen LogP contribution in [-0.2, 0) is 0 Å². The van der Waals surface area contributed by atoms with E-state index in [0.29, 0.717) is 22.4 Å². The molecule has 0 heterocycles. The van der Waals surface area contributed by atoms with E-state index in [2.05, 4.69) is 11.8 Å². The Morgan fingerprint density at radius 3 is 2.85 bits per heavy atom. The van der Waals surface area contributed by atoms with Gasteiger partial charge in [0.2, 0.25) is 0 Å². The highest BCUT2D eigenvalue weighted by molar-refractivity contribution is 6.34. The maximum absolute atomic E-state index is 5.84. The molecule has 1 aromatic rings. The first-order valence-electron chi connectivity index (χ1n) is 3.71. The van der Waals surface area contributed by atoms with Gasteiger partial charge >= 0.3 is 0 Å². The van der Waals surface area contributed by atoms with E-state index in [1.165, 1.54) is 0 Å². The Hall–Kier alpha value is -0.840. The number of benzene rings is 1. The Morgan fingerprint density at radius 1 is 1.38 bits per heavy atom. The van der Waals surface area contributed by atoms with Gasteiger partial charge in [0, 0.05) is 11.1 Å². The van der Waals surface area contributed by atoms with E-state index in [1.54, 1.807) is 25.1 Å². The van der Waals surface area contributed by atoms with Crippen LogP contribution in [0.4, 0.5) is 0 Å². The van der Waals surface area contributed by atoms with Gasteiger partial charge in [-0.3, -0.25) is 0 Å². The van der Waals surface area contributed by atoms with Crippen LogP contribution in [0.3, 0.4) is 0 Å². The molecule has 0 saturated carbocycles. The van der Waals surface area contributed by atoms with Gasteiger partial charge in [-0.15, -0.1) is 5.92 Å². The van der Waals surface area contributed by atoms with E-state index in [9.17, 15) is 0 Å². The summed E-state index contributed by atoms with van der Waals surface area (Å²) in [5.41, 5.74) is 0. The molecule has 0 radical (unpaired) electrons. The van der Waals surface area contributed by atoms with E-state index in [0.717, 1.165) is 0 Å². The molecule has 0 spiro atoms. The van der Waals surface area contributed by atoms with Gasteiger partial charge in [0.25, 0.3) is 0 Å². The van der Waals surface area contributed by atoms with Crippen molar-refractivity contribution in [1.29, 1.82) is 0 Å². The van der Waals surface area contributed by atoms with Crippen molar-refractivity contribution in [2.75, 3.05) is 6.61 Å². The summed E-state index contributed by atoms with van der Waals surface area (Å²) < 4.78 is 5.27. The minimum Gasteiger partial charge on any atom is -0.479 e. The SMILES string of the molecule is CC#CCOc1cc(Cl)ccc1Cl. The summed E-state index contributed by atoms with van der Waals surface area (Å²) in [5.74, 6) is 6.06. The third-order valence-corrected chi connectivity index (χ3v) is 1.92. The van der Waals surface area contributed by atoms with Crippen LogP contribution in [0.5, 0.6) is 5.75 Å². The smallest absolute Gasteiger partial charge is 0.149 e. The first-order valence-corrected chi connectivity index (χ1v) is 4.47. The molecule has 13 heavy (non-hydrogen) atoms. The van der Waals surface area contributed by atoms with E-state index >= 15 is 0 Å². The molecule has 0 aliphatic heterocycles. The highest BCUT2D eigenvalue weighted by Crippen LogP contribution is 2.27. The quantitative estimate of drug-likeness (QED) is 0.687. The summed E-state index contributed by atoms with van der Waals surface area (Å²) >= 11 is 11.6. The average Bonchev–Trinajstić information content (AvgIpc) is 2.11. The fourth-order valence-electron chi connectivity index (χ4n) is 0.774. The van der Waals surface area contributed by atoms with Crippen molar-refractivity contribution in [1.82, 2.24) is 0 Å². The van der Waals surface area contributed by atoms with Gasteiger partial charge in [-0.25, -0.2) is 0 Å². The van der Waals surface area contributed by atoms with Gasteiger partial charge in [-0.1, -0.05) is 29.1 Å². The molecular formula is C10H8Cl2O. The topological polar surface area (TPSA) is 9.23 Å². The second kappa shape index (κ2) is 5.01. The van der Waals surface area contributed by atoms with Crippen LogP contribution in [0.1, 0.15) is 6.92 Å². The Balaban J connectivity index is 2.73. The van der Waals surface area contributed by atoms with Crippen molar-refractivity contribution < 1.29 is 4.74 Å². The normalized spacial score (nSPS) is 8.85. The summed E-state index contributed by atoms with van der Waals surface area (Å²) in [6.45, 7) is 2.08. The largest absolute Gasteiger partial charge is 0.479 e. The lowest BCUT2D eigenvalue weighted by atomic mass is 10.3. The van der Waals surface area contributed by atoms with Gasteiger partial charge in [0.05, 0.1) is 5.02 Å². The van der Waals surface area contributed by atoms with E-state index in [-0.39, 0.29) is 0 Å². The third-order valence-electron chi connectivity index (χ3n) is 1.37. The number of hydrogen-bond acceptors (Lipinski definition) is 1. The molecule has 1 aromatic carbocycles. The molecule has 68 valence electrons. The molecule has 0 aliphatic rings.